The minimum atomic E-state index is 0.0379. The van der Waals surface area contributed by atoms with Crippen molar-refractivity contribution in [3.05, 3.63) is 0 Å². The molecule has 1 heterocycles. The third kappa shape index (κ3) is 5.52. The summed E-state index contributed by atoms with van der Waals surface area (Å²) in [4.78, 5) is 11.8. The van der Waals surface area contributed by atoms with Gasteiger partial charge >= 0.3 is 0 Å². The molecule has 1 atom stereocenters. The van der Waals surface area contributed by atoms with Gasteiger partial charge in [0.25, 0.3) is 0 Å². The predicted molar refractivity (Wildman–Crippen MR) is 82.2 cm³/mol. The maximum Gasteiger partial charge on any atom is 0.229 e. The normalized spacial score (nSPS) is 12.4. The third-order valence-electron chi connectivity index (χ3n) is 2.12. The van der Waals surface area contributed by atoms with E-state index in [4.69, 9.17) is 0 Å². The Balaban J connectivity index is 2.43. The maximum atomic E-state index is 11.8. The van der Waals surface area contributed by atoms with Gasteiger partial charge in [-0.2, -0.15) is 0 Å². The molecule has 0 aliphatic heterocycles. The van der Waals surface area contributed by atoms with Crippen LogP contribution in [0.2, 0.25) is 0 Å². The van der Waals surface area contributed by atoms with Gasteiger partial charge < -0.3 is 5.32 Å². The van der Waals surface area contributed by atoms with E-state index in [0.717, 1.165) is 27.4 Å². The molecule has 1 N–H and O–H groups in total. The number of nitrogens with zero attached hydrogens (tertiary/aromatic N) is 2. The van der Waals surface area contributed by atoms with Gasteiger partial charge in [-0.1, -0.05) is 59.5 Å². The van der Waals surface area contributed by atoms with E-state index in [1.165, 1.54) is 11.3 Å². The average Bonchev–Trinajstić information content (AvgIpc) is 2.74. The Hall–Kier alpha value is 0.110. The molecule has 0 saturated heterocycles. The molecule has 1 rings (SSSR count). The molecule has 0 fully saturated rings. The number of alkyl halides is 1. The van der Waals surface area contributed by atoms with E-state index in [2.05, 4.69) is 45.0 Å². The van der Waals surface area contributed by atoms with Crippen LogP contribution in [-0.2, 0) is 4.79 Å². The lowest BCUT2D eigenvalue weighted by atomic mass is 10.1. The molecule has 1 aromatic heterocycles. The monoisotopic (exact) mass is 385 g/mol. The largest absolute Gasteiger partial charge is 0.300 e. The Morgan fingerprint density at radius 2 is 2.35 bits per heavy atom. The minimum absolute atomic E-state index is 0.0379. The highest BCUT2D eigenvalue weighted by Crippen LogP contribution is 2.25. The Labute approximate surface area is 123 Å². The SMILES string of the molecule is CCSc1nnc(NC(=O)C(C)CCCI)s1. The van der Waals surface area contributed by atoms with E-state index in [9.17, 15) is 4.79 Å². The number of aromatic nitrogens is 2. The second kappa shape index (κ2) is 8.25. The van der Waals surface area contributed by atoms with E-state index >= 15 is 0 Å². The first-order valence-electron chi connectivity index (χ1n) is 5.50. The van der Waals surface area contributed by atoms with Crippen LogP contribution >= 0.6 is 45.7 Å². The van der Waals surface area contributed by atoms with Gasteiger partial charge in [0.2, 0.25) is 11.0 Å². The molecule has 1 unspecified atom stereocenters. The van der Waals surface area contributed by atoms with E-state index in [1.54, 1.807) is 11.8 Å². The highest BCUT2D eigenvalue weighted by molar-refractivity contribution is 14.1. The molecule has 4 nitrogen and oxygen atoms in total. The molecule has 1 aromatic rings. The van der Waals surface area contributed by atoms with Crippen LogP contribution in [0.4, 0.5) is 5.13 Å². The molecule has 17 heavy (non-hydrogen) atoms. The molecule has 0 spiro atoms. The number of nitrogens with one attached hydrogen (secondary N) is 1. The summed E-state index contributed by atoms with van der Waals surface area (Å²) >= 11 is 5.40. The predicted octanol–water partition coefficient (Wildman–Crippen LogP) is 3.44. The Morgan fingerprint density at radius 1 is 1.59 bits per heavy atom. The molecule has 7 heteroatoms. The van der Waals surface area contributed by atoms with Gasteiger partial charge in [-0.3, -0.25) is 4.79 Å². The number of anilines is 1. The topological polar surface area (TPSA) is 54.9 Å². The summed E-state index contributed by atoms with van der Waals surface area (Å²) in [6.45, 7) is 4.01. The number of carbonyl (C=O) groups is 1. The second-order valence-corrected chi connectivity index (χ2v) is 7.10. The summed E-state index contributed by atoms with van der Waals surface area (Å²) in [5, 5.41) is 11.4. The number of rotatable bonds is 7. The molecule has 0 aromatic carbocycles. The van der Waals surface area contributed by atoms with Crippen molar-refractivity contribution in [3.63, 3.8) is 0 Å². The number of hydrogen-bond donors (Lipinski definition) is 1. The van der Waals surface area contributed by atoms with Gasteiger partial charge in [-0.15, -0.1) is 10.2 Å². The molecular weight excluding hydrogens is 369 g/mol. The zero-order valence-corrected chi connectivity index (χ0v) is 13.7. The number of hydrogen-bond acceptors (Lipinski definition) is 5. The van der Waals surface area contributed by atoms with Crippen LogP contribution in [0.15, 0.2) is 4.34 Å². The first-order chi connectivity index (χ1) is 8.17. The van der Waals surface area contributed by atoms with Crippen molar-refractivity contribution >= 4 is 56.7 Å². The van der Waals surface area contributed by atoms with Crippen LogP contribution in [0.3, 0.4) is 0 Å². The maximum absolute atomic E-state index is 11.8. The lowest BCUT2D eigenvalue weighted by molar-refractivity contribution is -0.119. The molecule has 0 saturated carbocycles. The van der Waals surface area contributed by atoms with Crippen molar-refractivity contribution in [2.75, 3.05) is 15.5 Å². The number of carbonyl (C=O) groups excluding carboxylic acids is 1. The van der Waals surface area contributed by atoms with Crippen LogP contribution in [0.1, 0.15) is 26.7 Å². The molecular formula is C10H16IN3OS2. The summed E-state index contributed by atoms with van der Waals surface area (Å²) in [5.74, 6) is 1.05. The lowest BCUT2D eigenvalue weighted by Gasteiger charge is -2.08. The second-order valence-electron chi connectivity index (χ2n) is 3.53. The number of amides is 1. The zero-order valence-electron chi connectivity index (χ0n) is 9.90. The lowest BCUT2D eigenvalue weighted by Crippen LogP contribution is -2.20. The Kier molecular flexibility index (Phi) is 7.36. The Morgan fingerprint density at radius 3 is 3.00 bits per heavy atom. The van der Waals surface area contributed by atoms with E-state index < -0.39 is 0 Å². The van der Waals surface area contributed by atoms with E-state index in [-0.39, 0.29) is 11.8 Å². The van der Waals surface area contributed by atoms with Crippen LogP contribution in [0.5, 0.6) is 0 Å². The summed E-state index contributed by atoms with van der Waals surface area (Å²) in [6, 6.07) is 0. The summed E-state index contributed by atoms with van der Waals surface area (Å²) < 4.78 is 1.99. The molecule has 96 valence electrons. The highest BCUT2D eigenvalue weighted by atomic mass is 127. The van der Waals surface area contributed by atoms with Gasteiger partial charge in [-0.25, -0.2) is 0 Å². The molecule has 0 aliphatic carbocycles. The number of thioether (sulfide) groups is 1. The van der Waals surface area contributed by atoms with Crippen molar-refractivity contribution in [2.45, 2.75) is 31.0 Å². The third-order valence-corrected chi connectivity index (χ3v) is 4.74. The van der Waals surface area contributed by atoms with Crippen molar-refractivity contribution in [3.8, 4) is 0 Å². The van der Waals surface area contributed by atoms with Crippen molar-refractivity contribution in [2.24, 2.45) is 5.92 Å². The summed E-state index contributed by atoms with van der Waals surface area (Å²) in [7, 11) is 0. The first-order valence-corrected chi connectivity index (χ1v) is 8.83. The zero-order chi connectivity index (χ0) is 12.7. The van der Waals surface area contributed by atoms with E-state index in [1.807, 2.05) is 6.92 Å². The molecule has 0 bridgehead atoms. The van der Waals surface area contributed by atoms with Crippen LogP contribution in [0.25, 0.3) is 0 Å². The van der Waals surface area contributed by atoms with Gasteiger partial charge in [0.1, 0.15) is 0 Å². The number of halogens is 1. The van der Waals surface area contributed by atoms with Gasteiger partial charge in [0, 0.05) is 5.92 Å². The van der Waals surface area contributed by atoms with Crippen molar-refractivity contribution in [1.82, 2.24) is 10.2 Å². The van der Waals surface area contributed by atoms with Crippen molar-refractivity contribution < 1.29 is 4.79 Å². The fraction of sp³-hybridized carbons (Fsp3) is 0.700. The highest BCUT2D eigenvalue weighted by Gasteiger charge is 2.14. The quantitative estimate of drug-likeness (QED) is 0.338. The fourth-order valence-corrected chi connectivity index (χ4v) is 3.28. The minimum Gasteiger partial charge on any atom is -0.300 e. The smallest absolute Gasteiger partial charge is 0.229 e. The molecule has 1 amide bonds. The molecule has 0 aliphatic rings. The average molecular weight is 385 g/mol. The van der Waals surface area contributed by atoms with Crippen LogP contribution in [-0.4, -0.2) is 26.3 Å². The van der Waals surface area contributed by atoms with Crippen LogP contribution < -0.4 is 5.32 Å². The van der Waals surface area contributed by atoms with Gasteiger partial charge in [0.05, 0.1) is 0 Å². The van der Waals surface area contributed by atoms with Gasteiger partial charge in [0.15, 0.2) is 4.34 Å². The molecule has 0 radical (unpaired) electrons. The summed E-state index contributed by atoms with van der Waals surface area (Å²) in [6.07, 6.45) is 1.99. The van der Waals surface area contributed by atoms with E-state index in [0.29, 0.717) is 5.13 Å². The standard InChI is InChI=1S/C10H16IN3OS2/c1-3-16-10-14-13-9(17-10)12-8(15)7(2)5-4-6-11/h7H,3-6H2,1-2H3,(H,12,13,15). The van der Waals surface area contributed by atoms with Crippen LogP contribution in [0, 0.1) is 5.92 Å². The fourth-order valence-electron chi connectivity index (χ4n) is 1.19. The summed E-state index contributed by atoms with van der Waals surface area (Å²) in [5.41, 5.74) is 0. The van der Waals surface area contributed by atoms with Crippen molar-refractivity contribution in [1.29, 1.82) is 0 Å². The Bertz CT molecular complexity index is 359. The first kappa shape index (κ1) is 15.2. The van der Waals surface area contributed by atoms with Gasteiger partial charge in [-0.05, 0) is 23.0 Å².